The van der Waals surface area contributed by atoms with Gasteiger partial charge in [0, 0.05) is 5.56 Å². The second kappa shape index (κ2) is 6.19. The fraction of sp³-hybridized carbons (Fsp3) is 0.111. The Labute approximate surface area is 144 Å². The number of halogens is 2. The van der Waals surface area contributed by atoms with Crippen molar-refractivity contribution in [3.05, 3.63) is 74.4 Å². The third-order valence-corrected chi connectivity index (χ3v) is 4.48. The van der Waals surface area contributed by atoms with Crippen molar-refractivity contribution in [1.82, 2.24) is 0 Å². The summed E-state index contributed by atoms with van der Waals surface area (Å²) in [5, 5.41) is 0.801. The number of nitrogens with zero attached hydrogens (tertiary/aromatic N) is 1. The van der Waals surface area contributed by atoms with E-state index in [1.54, 1.807) is 24.3 Å². The fourth-order valence-electron chi connectivity index (χ4n) is 2.19. The topological polar surface area (TPSA) is 38.7 Å². The van der Waals surface area contributed by atoms with Crippen LogP contribution in [0.4, 0.5) is 0 Å². The zero-order valence-electron chi connectivity index (χ0n) is 12.6. The first-order chi connectivity index (χ1) is 11.0. The second-order valence-electron chi connectivity index (χ2n) is 5.28. The molecule has 1 heterocycles. The maximum absolute atomic E-state index is 12.0. The molecule has 0 fully saturated rings. The zero-order chi connectivity index (χ0) is 16.6. The van der Waals surface area contributed by atoms with E-state index >= 15 is 0 Å². The van der Waals surface area contributed by atoms with E-state index in [0.29, 0.717) is 21.5 Å². The van der Waals surface area contributed by atoms with Gasteiger partial charge in [0.1, 0.15) is 0 Å². The highest BCUT2D eigenvalue weighted by molar-refractivity contribution is 6.43. The van der Waals surface area contributed by atoms with Crippen LogP contribution in [0.15, 0.2) is 47.1 Å². The van der Waals surface area contributed by atoms with E-state index in [0.717, 1.165) is 11.1 Å². The summed E-state index contributed by atoms with van der Waals surface area (Å²) in [6.45, 7) is 4.02. The molecule has 0 atom stereocenters. The predicted molar refractivity (Wildman–Crippen MR) is 93.0 cm³/mol. The standard InChI is InChI=1S/C18H13Cl2NO2/c1-10-6-7-13(8-11(10)2)17-21-15(18(22)23-17)9-12-4-3-5-14(19)16(12)20/h3-9H,1-2H3. The number of carbonyl (C=O) groups is 1. The van der Waals surface area contributed by atoms with Gasteiger partial charge in [-0.25, -0.2) is 9.79 Å². The van der Waals surface area contributed by atoms with Gasteiger partial charge in [-0.15, -0.1) is 0 Å². The smallest absolute Gasteiger partial charge is 0.363 e. The van der Waals surface area contributed by atoms with Crippen molar-refractivity contribution >= 4 is 41.1 Å². The molecule has 23 heavy (non-hydrogen) atoms. The summed E-state index contributed by atoms with van der Waals surface area (Å²) in [5.41, 5.74) is 3.86. The van der Waals surface area contributed by atoms with Gasteiger partial charge in [0.15, 0.2) is 5.70 Å². The molecule has 3 rings (SSSR count). The molecule has 0 saturated heterocycles. The summed E-state index contributed by atoms with van der Waals surface area (Å²) in [6.07, 6.45) is 1.57. The van der Waals surface area contributed by atoms with Crippen molar-refractivity contribution in [3.8, 4) is 0 Å². The van der Waals surface area contributed by atoms with Gasteiger partial charge in [-0.3, -0.25) is 0 Å². The summed E-state index contributed by atoms with van der Waals surface area (Å²) in [7, 11) is 0. The van der Waals surface area contributed by atoms with E-state index in [1.165, 1.54) is 5.56 Å². The van der Waals surface area contributed by atoms with Crippen LogP contribution in [0.3, 0.4) is 0 Å². The van der Waals surface area contributed by atoms with Crippen LogP contribution in [0.5, 0.6) is 0 Å². The van der Waals surface area contributed by atoms with E-state index in [-0.39, 0.29) is 5.70 Å². The van der Waals surface area contributed by atoms with Gasteiger partial charge in [-0.1, -0.05) is 41.4 Å². The van der Waals surface area contributed by atoms with Gasteiger partial charge in [-0.2, -0.15) is 0 Å². The van der Waals surface area contributed by atoms with Gasteiger partial charge in [0.05, 0.1) is 10.0 Å². The van der Waals surface area contributed by atoms with Gasteiger partial charge >= 0.3 is 5.97 Å². The van der Waals surface area contributed by atoms with Crippen LogP contribution in [-0.4, -0.2) is 11.9 Å². The normalized spacial score (nSPS) is 15.7. The maximum Gasteiger partial charge on any atom is 0.363 e. The molecule has 3 nitrogen and oxygen atoms in total. The minimum Gasteiger partial charge on any atom is -0.402 e. The zero-order valence-corrected chi connectivity index (χ0v) is 14.1. The van der Waals surface area contributed by atoms with Crippen LogP contribution in [0.1, 0.15) is 22.3 Å². The summed E-state index contributed by atoms with van der Waals surface area (Å²) >= 11 is 12.1. The molecule has 0 saturated carbocycles. The van der Waals surface area contributed by atoms with Crippen molar-refractivity contribution in [1.29, 1.82) is 0 Å². The molecule has 0 radical (unpaired) electrons. The van der Waals surface area contributed by atoms with Crippen molar-refractivity contribution in [2.24, 2.45) is 4.99 Å². The molecule has 0 unspecified atom stereocenters. The number of cyclic esters (lactones) is 1. The molecular formula is C18H13Cl2NO2. The number of rotatable bonds is 2. The third-order valence-electron chi connectivity index (χ3n) is 3.65. The van der Waals surface area contributed by atoms with Crippen LogP contribution >= 0.6 is 23.2 Å². The number of hydrogen-bond donors (Lipinski definition) is 0. The summed E-state index contributed by atoms with van der Waals surface area (Å²) in [6, 6.07) is 11.0. The molecular weight excluding hydrogens is 333 g/mol. The van der Waals surface area contributed by atoms with Crippen molar-refractivity contribution in [3.63, 3.8) is 0 Å². The average molecular weight is 346 g/mol. The SMILES string of the molecule is Cc1ccc(C2=NC(=Cc3cccc(Cl)c3Cl)C(=O)O2)cc1C. The highest BCUT2D eigenvalue weighted by Gasteiger charge is 2.24. The number of carbonyl (C=O) groups excluding carboxylic acids is 1. The number of ether oxygens (including phenoxy) is 1. The lowest BCUT2D eigenvalue weighted by Crippen LogP contribution is -2.05. The first-order valence-electron chi connectivity index (χ1n) is 7.00. The molecule has 2 aromatic rings. The maximum atomic E-state index is 12.0. The third kappa shape index (κ3) is 3.16. The Hall–Kier alpha value is -2.10. The molecule has 1 aliphatic rings. The number of hydrogen-bond acceptors (Lipinski definition) is 3. The molecule has 0 amide bonds. The average Bonchev–Trinajstić information content (AvgIpc) is 2.88. The molecule has 0 bridgehead atoms. The number of aryl methyl sites for hydroxylation is 2. The van der Waals surface area contributed by atoms with Crippen molar-refractivity contribution < 1.29 is 9.53 Å². The summed E-state index contributed by atoms with van der Waals surface area (Å²) in [5.74, 6) is -0.211. The Kier molecular flexibility index (Phi) is 4.24. The van der Waals surface area contributed by atoms with E-state index < -0.39 is 5.97 Å². The van der Waals surface area contributed by atoms with Crippen molar-refractivity contribution in [2.45, 2.75) is 13.8 Å². The second-order valence-corrected chi connectivity index (χ2v) is 6.06. The van der Waals surface area contributed by atoms with Gasteiger partial charge < -0.3 is 4.74 Å². The van der Waals surface area contributed by atoms with E-state index in [1.807, 2.05) is 32.0 Å². The Balaban J connectivity index is 1.99. The van der Waals surface area contributed by atoms with E-state index in [2.05, 4.69) is 4.99 Å². The lowest BCUT2D eigenvalue weighted by Gasteiger charge is -2.03. The fourth-order valence-corrected chi connectivity index (χ4v) is 2.55. The molecule has 1 aliphatic heterocycles. The van der Waals surface area contributed by atoms with Crippen LogP contribution < -0.4 is 0 Å². The number of benzene rings is 2. The molecule has 5 heteroatoms. The van der Waals surface area contributed by atoms with Gasteiger partial charge in [0.25, 0.3) is 0 Å². The van der Waals surface area contributed by atoms with E-state index in [9.17, 15) is 4.79 Å². The first kappa shape index (κ1) is 15.8. The predicted octanol–water partition coefficient (Wildman–Crippen LogP) is 4.95. The Morgan fingerprint density at radius 2 is 1.87 bits per heavy atom. The summed E-state index contributed by atoms with van der Waals surface area (Å²) in [4.78, 5) is 16.3. The molecule has 0 aliphatic carbocycles. The molecule has 0 N–H and O–H groups in total. The Morgan fingerprint density at radius 3 is 2.61 bits per heavy atom. The van der Waals surface area contributed by atoms with Crippen LogP contribution in [0, 0.1) is 13.8 Å². The van der Waals surface area contributed by atoms with Crippen LogP contribution in [0.25, 0.3) is 6.08 Å². The van der Waals surface area contributed by atoms with E-state index in [4.69, 9.17) is 27.9 Å². The minimum atomic E-state index is -0.505. The minimum absolute atomic E-state index is 0.197. The quantitative estimate of drug-likeness (QED) is 0.570. The molecule has 0 aromatic heterocycles. The monoisotopic (exact) mass is 345 g/mol. The lowest BCUT2D eigenvalue weighted by atomic mass is 10.1. The number of aliphatic imine (C=N–C) groups is 1. The Morgan fingerprint density at radius 1 is 1.09 bits per heavy atom. The molecule has 2 aromatic carbocycles. The van der Waals surface area contributed by atoms with Crippen LogP contribution in [0.2, 0.25) is 10.0 Å². The van der Waals surface area contributed by atoms with Gasteiger partial charge in [0.2, 0.25) is 5.90 Å². The number of esters is 1. The Bertz CT molecular complexity index is 869. The largest absolute Gasteiger partial charge is 0.402 e. The van der Waals surface area contributed by atoms with Crippen LogP contribution in [-0.2, 0) is 9.53 Å². The lowest BCUT2D eigenvalue weighted by molar-refractivity contribution is -0.129. The summed E-state index contributed by atoms with van der Waals surface area (Å²) < 4.78 is 5.26. The first-order valence-corrected chi connectivity index (χ1v) is 7.75. The highest BCUT2D eigenvalue weighted by Crippen LogP contribution is 2.29. The van der Waals surface area contributed by atoms with Crippen molar-refractivity contribution in [2.75, 3.05) is 0 Å². The molecule has 116 valence electrons. The van der Waals surface area contributed by atoms with Gasteiger partial charge in [-0.05, 0) is 54.8 Å². The molecule has 0 spiro atoms. The highest BCUT2D eigenvalue weighted by atomic mass is 35.5.